The smallest absolute Gasteiger partial charge is 0.144 e. The van der Waals surface area contributed by atoms with Crippen LogP contribution in [-0.2, 0) is 15.9 Å². The van der Waals surface area contributed by atoms with Gasteiger partial charge in [0.1, 0.15) is 17.5 Å². The number of aliphatic hydroxyl groups excluding tert-OH is 2. The van der Waals surface area contributed by atoms with Gasteiger partial charge in [0.25, 0.3) is 0 Å². The summed E-state index contributed by atoms with van der Waals surface area (Å²) in [7, 11) is 0. The van der Waals surface area contributed by atoms with Gasteiger partial charge in [0, 0.05) is 11.4 Å². The molecule has 2 aromatic rings. The van der Waals surface area contributed by atoms with Gasteiger partial charge < -0.3 is 24.4 Å². The minimum absolute atomic E-state index is 0.169. The first-order valence-electron chi connectivity index (χ1n) is 9.63. The van der Waals surface area contributed by atoms with Gasteiger partial charge in [-0.2, -0.15) is 0 Å². The molecule has 150 valence electrons. The van der Waals surface area contributed by atoms with Crippen LogP contribution < -0.4 is 4.74 Å². The van der Waals surface area contributed by atoms with Gasteiger partial charge >= 0.3 is 0 Å². The predicted octanol–water partition coefficient (Wildman–Crippen LogP) is 3.28. The monoisotopic (exact) mass is 404 g/mol. The molecule has 2 saturated heterocycles. The fourth-order valence-electron chi connectivity index (χ4n) is 4.00. The lowest BCUT2D eigenvalue weighted by Crippen LogP contribution is -2.69. The first kappa shape index (κ1) is 19.7. The Balaban J connectivity index is 1.53. The molecule has 2 heterocycles. The van der Waals surface area contributed by atoms with Crippen LogP contribution in [0.3, 0.4) is 0 Å². The van der Waals surface area contributed by atoms with Gasteiger partial charge in [0.2, 0.25) is 0 Å². The Morgan fingerprint density at radius 2 is 2.00 bits per heavy atom. The molecule has 2 aromatic carbocycles. The van der Waals surface area contributed by atoms with E-state index >= 15 is 0 Å². The number of benzene rings is 2. The molecule has 4 atom stereocenters. The molecule has 0 unspecified atom stereocenters. The maximum absolute atomic E-state index is 10.4. The van der Waals surface area contributed by atoms with Gasteiger partial charge in [0.05, 0.1) is 32.0 Å². The van der Waals surface area contributed by atoms with E-state index in [4.69, 9.17) is 25.8 Å². The fraction of sp³-hybridized carbons (Fsp3) is 0.455. The van der Waals surface area contributed by atoms with Crippen molar-refractivity contribution in [1.82, 2.24) is 0 Å². The lowest BCUT2D eigenvalue weighted by atomic mass is 9.81. The third-order valence-electron chi connectivity index (χ3n) is 5.55. The molecule has 2 aliphatic heterocycles. The fourth-order valence-corrected chi connectivity index (χ4v) is 4.18. The summed E-state index contributed by atoms with van der Waals surface area (Å²) in [6.07, 6.45) is -0.310. The second kappa shape index (κ2) is 8.01. The van der Waals surface area contributed by atoms with Gasteiger partial charge in [-0.05, 0) is 48.2 Å². The molecule has 2 N–H and O–H groups in total. The Hall–Kier alpha value is -1.63. The minimum atomic E-state index is -0.808. The normalized spacial score (nSPS) is 29.1. The van der Waals surface area contributed by atoms with Crippen molar-refractivity contribution in [3.05, 3.63) is 64.2 Å². The van der Waals surface area contributed by atoms with Crippen molar-refractivity contribution < 1.29 is 24.4 Å². The molecule has 0 radical (unpaired) electrons. The van der Waals surface area contributed by atoms with E-state index < -0.39 is 17.8 Å². The lowest BCUT2D eigenvalue weighted by molar-refractivity contribution is -0.341. The van der Waals surface area contributed by atoms with E-state index in [1.807, 2.05) is 49.4 Å². The molecule has 0 bridgehead atoms. The number of halogens is 1. The minimum Gasteiger partial charge on any atom is -0.494 e. The summed E-state index contributed by atoms with van der Waals surface area (Å²) in [5.74, 6) is 0.849. The highest BCUT2D eigenvalue weighted by molar-refractivity contribution is 6.31. The number of hydrogen-bond acceptors (Lipinski definition) is 5. The molecule has 0 aliphatic carbocycles. The zero-order valence-electron chi connectivity index (χ0n) is 15.8. The standard InChI is InChI=1S/C22H25ClO5/c1-2-26-17-6-3-14(4-7-17)9-16-10-15(5-8-18(16)23)20-11-19(25)21-22(12-24,28-20)13-27-21/h3-8,10,19-21,24-25H,2,9,11-13H2,1H3/t19-,20-,21+,22+/m1/s1. The highest BCUT2D eigenvalue weighted by atomic mass is 35.5. The Bertz CT molecular complexity index is 820. The third kappa shape index (κ3) is 3.65. The van der Waals surface area contributed by atoms with Crippen LogP contribution in [0.1, 0.15) is 36.1 Å². The van der Waals surface area contributed by atoms with Crippen molar-refractivity contribution in [2.75, 3.05) is 19.8 Å². The van der Waals surface area contributed by atoms with Crippen LogP contribution in [-0.4, -0.2) is 47.8 Å². The molecule has 6 heteroatoms. The highest BCUT2D eigenvalue weighted by Gasteiger charge is 2.57. The van der Waals surface area contributed by atoms with E-state index in [9.17, 15) is 10.2 Å². The first-order chi connectivity index (χ1) is 13.5. The quantitative estimate of drug-likeness (QED) is 0.773. The molecular weight excluding hydrogens is 380 g/mol. The third-order valence-corrected chi connectivity index (χ3v) is 5.91. The Morgan fingerprint density at radius 3 is 2.64 bits per heavy atom. The summed E-state index contributed by atoms with van der Waals surface area (Å²) in [5.41, 5.74) is 2.26. The van der Waals surface area contributed by atoms with Crippen LogP contribution in [0.5, 0.6) is 5.75 Å². The van der Waals surface area contributed by atoms with Gasteiger partial charge in [-0.1, -0.05) is 35.9 Å². The molecular formula is C22H25ClO5. The van der Waals surface area contributed by atoms with E-state index in [-0.39, 0.29) is 12.7 Å². The summed E-state index contributed by atoms with van der Waals surface area (Å²) in [6, 6.07) is 13.8. The van der Waals surface area contributed by atoms with E-state index in [1.54, 1.807) is 0 Å². The van der Waals surface area contributed by atoms with Crippen molar-refractivity contribution >= 4 is 11.6 Å². The summed E-state index contributed by atoms with van der Waals surface area (Å²) >= 11 is 6.44. The molecule has 2 aliphatic rings. The van der Waals surface area contributed by atoms with Crippen molar-refractivity contribution in [3.63, 3.8) is 0 Å². The molecule has 4 rings (SSSR count). The second-order valence-corrected chi connectivity index (χ2v) is 7.88. The molecule has 28 heavy (non-hydrogen) atoms. The van der Waals surface area contributed by atoms with E-state index in [0.717, 1.165) is 22.4 Å². The average Bonchev–Trinajstić information content (AvgIpc) is 2.67. The molecule has 0 spiro atoms. The summed E-state index contributed by atoms with van der Waals surface area (Å²) in [6.45, 7) is 2.73. The zero-order chi connectivity index (χ0) is 19.7. The molecule has 5 nitrogen and oxygen atoms in total. The van der Waals surface area contributed by atoms with Gasteiger partial charge in [-0.25, -0.2) is 0 Å². The molecule has 0 saturated carbocycles. The van der Waals surface area contributed by atoms with Crippen LogP contribution in [0.2, 0.25) is 5.02 Å². The second-order valence-electron chi connectivity index (χ2n) is 7.47. The van der Waals surface area contributed by atoms with Crippen LogP contribution >= 0.6 is 11.6 Å². The molecule has 2 fully saturated rings. The largest absolute Gasteiger partial charge is 0.494 e. The van der Waals surface area contributed by atoms with Crippen molar-refractivity contribution in [3.8, 4) is 5.75 Å². The van der Waals surface area contributed by atoms with Gasteiger partial charge in [-0.15, -0.1) is 0 Å². The maximum atomic E-state index is 10.4. The number of hydrogen-bond donors (Lipinski definition) is 2. The van der Waals surface area contributed by atoms with Crippen molar-refractivity contribution in [2.45, 2.75) is 43.7 Å². The van der Waals surface area contributed by atoms with Gasteiger partial charge in [-0.3, -0.25) is 0 Å². The van der Waals surface area contributed by atoms with E-state index in [0.29, 0.717) is 31.1 Å². The number of ether oxygens (including phenoxy) is 3. The van der Waals surface area contributed by atoms with Crippen molar-refractivity contribution in [2.24, 2.45) is 0 Å². The first-order valence-corrected chi connectivity index (χ1v) is 10.0. The summed E-state index contributed by atoms with van der Waals surface area (Å²) < 4.78 is 17.1. The molecule has 0 aromatic heterocycles. The highest BCUT2D eigenvalue weighted by Crippen LogP contribution is 2.44. The number of rotatable bonds is 6. The molecule has 0 amide bonds. The zero-order valence-corrected chi connectivity index (χ0v) is 16.6. The van der Waals surface area contributed by atoms with Crippen LogP contribution in [0.4, 0.5) is 0 Å². The maximum Gasteiger partial charge on any atom is 0.144 e. The van der Waals surface area contributed by atoms with E-state index in [1.165, 1.54) is 0 Å². The van der Waals surface area contributed by atoms with Crippen LogP contribution in [0.25, 0.3) is 0 Å². The van der Waals surface area contributed by atoms with Gasteiger partial charge in [0.15, 0.2) is 0 Å². The SMILES string of the molecule is CCOc1ccc(Cc2cc([C@H]3C[C@@H](O)[C@@H]4OC[C@]4(CO)O3)ccc2Cl)cc1. The van der Waals surface area contributed by atoms with Crippen LogP contribution in [0.15, 0.2) is 42.5 Å². The Morgan fingerprint density at radius 1 is 1.21 bits per heavy atom. The summed E-state index contributed by atoms with van der Waals surface area (Å²) in [4.78, 5) is 0. The number of aliphatic hydroxyl groups is 2. The summed E-state index contributed by atoms with van der Waals surface area (Å²) in [5, 5.41) is 20.9. The number of fused-ring (bicyclic) bond motifs is 1. The lowest BCUT2D eigenvalue weighted by Gasteiger charge is -2.54. The Labute approximate surface area is 169 Å². The predicted molar refractivity (Wildman–Crippen MR) is 106 cm³/mol. The van der Waals surface area contributed by atoms with E-state index in [2.05, 4.69) is 0 Å². The average molecular weight is 405 g/mol. The van der Waals surface area contributed by atoms with Crippen LogP contribution in [0, 0.1) is 0 Å². The Kier molecular flexibility index (Phi) is 5.63. The topological polar surface area (TPSA) is 68.2 Å². The van der Waals surface area contributed by atoms with Crippen molar-refractivity contribution in [1.29, 1.82) is 0 Å².